The van der Waals surface area contributed by atoms with E-state index in [1.807, 2.05) is 22.9 Å². The molecule has 1 aliphatic heterocycles. The van der Waals surface area contributed by atoms with Crippen LogP contribution in [-0.2, 0) is 17.3 Å². The molecule has 2 aromatic carbocycles. The molecule has 5 nitrogen and oxygen atoms in total. The van der Waals surface area contributed by atoms with Crippen molar-refractivity contribution in [3.8, 4) is 0 Å². The number of carbonyl (C=O) groups is 1. The van der Waals surface area contributed by atoms with E-state index in [9.17, 15) is 18.0 Å². The van der Waals surface area contributed by atoms with Gasteiger partial charge in [0.05, 0.1) is 28.9 Å². The lowest BCUT2D eigenvalue weighted by molar-refractivity contribution is -0.137. The average molecular weight is 565 g/mol. The van der Waals surface area contributed by atoms with Crippen LogP contribution in [0.5, 0.6) is 0 Å². The number of nitrogens with zero attached hydrogens (tertiary/aromatic N) is 2. The number of alkyl halides is 3. The summed E-state index contributed by atoms with van der Waals surface area (Å²) in [6.45, 7) is 4.26. The van der Waals surface area contributed by atoms with Gasteiger partial charge in [-0.2, -0.15) is 18.3 Å². The molecule has 2 bridgehead atoms. The highest BCUT2D eigenvalue weighted by atomic mass is 19.4. The number of amides is 1. The molecule has 1 unspecified atom stereocenters. The van der Waals surface area contributed by atoms with Crippen molar-refractivity contribution in [2.24, 2.45) is 11.8 Å². The van der Waals surface area contributed by atoms with Gasteiger partial charge in [-0.3, -0.25) is 4.79 Å². The van der Waals surface area contributed by atoms with Crippen molar-refractivity contribution >= 4 is 11.7 Å². The summed E-state index contributed by atoms with van der Waals surface area (Å²) in [6, 6.07) is 15.8. The van der Waals surface area contributed by atoms with E-state index in [4.69, 9.17) is 0 Å². The largest absolute Gasteiger partial charge is 0.416 e. The Hall–Kier alpha value is -3.29. The smallest absolute Gasteiger partial charge is 0.363 e. The fourth-order valence-corrected chi connectivity index (χ4v) is 7.83. The molecule has 8 heteroatoms. The average Bonchev–Trinajstić information content (AvgIpc) is 3.24. The molecule has 0 spiro atoms. The maximum Gasteiger partial charge on any atom is 0.416 e. The zero-order valence-electron chi connectivity index (χ0n) is 23.8. The van der Waals surface area contributed by atoms with Crippen molar-refractivity contribution in [3.63, 3.8) is 0 Å². The number of fused-ring (bicyclic) bond motifs is 3. The lowest BCUT2D eigenvalue weighted by atomic mass is 9.67. The molecule has 2 heterocycles. The van der Waals surface area contributed by atoms with Crippen LogP contribution < -0.4 is 10.6 Å². The van der Waals surface area contributed by atoms with Crippen LogP contribution in [0.4, 0.5) is 19.0 Å². The second kappa shape index (κ2) is 10.5. The lowest BCUT2D eigenvalue weighted by Crippen LogP contribution is -2.55. The normalized spacial score (nSPS) is 27.6. The van der Waals surface area contributed by atoms with Crippen LogP contribution in [0.2, 0.25) is 0 Å². The highest BCUT2D eigenvalue weighted by Crippen LogP contribution is 2.51. The Morgan fingerprint density at radius 3 is 2.07 bits per heavy atom. The summed E-state index contributed by atoms with van der Waals surface area (Å²) in [7, 11) is 0. The summed E-state index contributed by atoms with van der Waals surface area (Å²) in [4.78, 5) is 14.4. The minimum atomic E-state index is -4.41. The first-order valence-electron chi connectivity index (χ1n) is 15.0. The van der Waals surface area contributed by atoms with E-state index in [1.54, 1.807) is 18.3 Å². The zero-order valence-corrected chi connectivity index (χ0v) is 23.8. The lowest BCUT2D eigenvalue weighted by Gasteiger charge is -2.46. The molecule has 218 valence electrons. The van der Waals surface area contributed by atoms with E-state index in [0.717, 1.165) is 68.9 Å². The second-order valence-corrected chi connectivity index (χ2v) is 12.8. The molecule has 2 fully saturated rings. The van der Waals surface area contributed by atoms with Crippen LogP contribution in [0.3, 0.4) is 0 Å². The Bertz CT molecular complexity index is 1350. The molecular weight excluding hydrogens is 525 g/mol. The predicted molar refractivity (Wildman–Crippen MR) is 153 cm³/mol. The molecule has 0 saturated heterocycles. The number of aromatic nitrogens is 2. The Balaban J connectivity index is 1.41. The number of rotatable bonds is 4. The first-order chi connectivity index (χ1) is 19.6. The van der Waals surface area contributed by atoms with Gasteiger partial charge in [0.25, 0.3) is 5.91 Å². The van der Waals surface area contributed by atoms with Crippen LogP contribution in [0.15, 0.2) is 60.8 Å². The second-order valence-electron chi connectivity index (χ2n) is 12.8. The van der Waals surface area contributed by atoms with E-state index in [-0.39, 0.29) is 29.3 Å². The van der Waals surface area contributed by atoms with E-state index >= 15 is 0 Å². The van der Waals surface area contributed by atoms with Crippen molar-refractivity contribution in [1.29, 1.82) is 0 Å². The maximum absolute atomic E-state index is 14.4. The Morgan fingerprint density at radius 2 is 1.51 bits per heavy atom. The van der Waals surface area contributed by atoms with Gasteiger partial charge in [-0.05, 0) is 81.0 Å². The molecule has 41 heavy (non-hydrogen) atoms. The number of hydrogen-bond donors (Lipinski definition) is 2. The fraction of sp³-hybridized carbons (Fsp3) is 0.515. The third-order valence-corrected chi connectivity index (χ3v) is 9.81. The summed E-state index contributed by atoms with van der Waals surface area (Å²) < 4.78 is 42.4. The number of nitrogens with one attached hydrogen (secondary N) is 2. The van der Waals surface area contributed by atoms with Crippen molar-refractivity contribution in [3.05, 3.63) is 83.0 Å². The predicted octanol–water partition coefficient (Wildman–Crippen LogP) is 8.20. The molecule has 2 N–H and O–H groups in total. The summed E-state index contributed by atoms with van der Waals surface area (Å²) in [6.07, 6.45) is 6.12. The van der Waals surface area contributed by atoms with Gasteiger partial charge >= 0.3 is 6.18 Å². The molecule has 3 aliphatic rings. The standard InChI is InChI=1S/C33H39F3N4O/c1-31(2)20-28(22-10-4-3-5-11-22)38-29-27(21-37-40(29)31)30(41)39-32(25-16-18-26(19-17-25)33(34,35)36)23-12-6-7-13-24(32)15-9-8-14-23/h3-5,10-11,16-19,21,23-24,28,38H,6-9,12-15,20H2,1-2H3,(H,39,41). The quantitative estimate of drug-likeness (QED) is 0.336. The van der Waals surface area contributed by atoms with Crippen LogP contribution in [-0.4, -0.2) is 15.7 Å². The third kappa shape index (κ3) is 5.04. The molecule has 2 aliphatic carbocycles. The molecule has 3 aromatic rings. The fourth-order valence-electron chi connectivity index (χ4n) is 7.83. The molecular formula is C33H39F3N4O. The molecule has 1 amide bonds. The summed E-state index contributed by atoms with van der Waals surface area (Å²) in [5.74, 6) is 0.783. The van der Waals surface area contributed by atoms with Crippen molar-refractivity contribution < 1.29 is 18.0 Å². The van der Waals surface area contributed by atoms with E-state index < -0.39 is 17.3 Å². The van der Waals surface area contributed by atoms with Crippen LogP contribution >= 0.6 is 0 Å². The molecule has 6 rings (SSSR count). The minimum Gasteiger partial charge on any atom is -0.363 e. The monoisotopic (exact) mass is 564 g/mol. The van der Waals surface area contributed by atoms with Crippen LogP contribution in [0, 0.1) is 11.8 Å². The molecule has 1 aromatic heterocycles. The van der Waals surface area contributed by atoms with Crippen molar-refractivity contribution in [2.45, 2.75) is 94.9 Å². The van der Waals surface area contributed by atoms with E-state index in [0.29, 0.717) is 11.4 Å². The summed E-state index contributed by atoms with van der Waals surface area (Å²) in [5.41, 5.74) is 0.700. The van der Waals surface area contributed by atoms with Gasteiger partial charge in [0.1, 0.15) is 11.4 Å². The maximum atomic E-state index is 14.4. The van der Waals surface area contributed by atoms with Crippen LogP contribution in [0.25, 0.3) is 0 Å². The highest BCUT2D eigenvalue weighted by Gasteiger charge is 2.50. The highest BCUT2D eigenvalue weighted by molar-refractivity contribution is 5.99. The van der Waals surface area contributed by atoms with Gasteiger partial charge < -0.3 is 10.6 Å². The SMILES string of the molecule is CC1(C)CC(c2ccccc2)Nc2c(C(=O)NC3(c4ccc(C(F)(F)F)cc4)C4CCCCC3CCCC4)cnn21. The van der Waals surface area contributed by atoms with Crippen molar-refractivity contribution in [2.75, 3.05) is 5.32 Å². The minimum absolute atomic E-state index is 0.0197. The first kappa shape index (κ1) is 27.9. The number of carbonyl (C=O) groups excluding carboxylic acids is 1. The third-order valence-electron chi connectivity index (χ3n) is 9.81. The number of hydrogen-bond acceptors (Lipinski definition) is 3. The van der Waals surface area contributed by atoms with Crippen LogP contribution in [0.1, 0.15) is 105 Å². The van der Waals surface area contributed by atoms with Gasteiger partial charge in [-0.1, -0.05) is 68.1 Å². The van der Waals surface area contributed by atoms with Gasteiger partial charge in [0, 0.05) is 0 Å². The summed E-state index contributed by atoms with van der Waals surface area (Å²) in [5, 5.41) is 11.8. The zero-order chi connectivity index (χ0) is 28.8. The summed E-state index contributed by atoms with van der Waals surface area (Å²) >= 11 is 0. The van der Waals surface area contributed by atoms with E-state index in [2.05, 4.69) is 41.7 Å². The van der Waals surface area contributed by atoms with E-state index in [1.165, 1.54) is 12.1 Å². The number of anilines is 1. The Labute approximate surface area is 239 Å². The Kier molecular flexibility index (Phi) is 7.15. The number of benzene rings is 2. The molecule has 2 saturated carbocycles. The Morgan fingerprint density at radius 1 is 0.927 bits per heavy atom. The van der Waals surface area contributed by atoms with Gasteiger partial charge in [-0.25, -0.2) is 4.68 Å². The van der Waals surface area contributed by atoms with Gasteiger partial charge in [-0.15, -0.1) is 0 Å². The van der Waals surface area contributed by atoms with Gasteiger partial charge in [0.2, 0.25) is 0 Å². The van der Waals surface area contributed by atoms with Crippen molar-refractivity contribution in [1.82, 2.24) is 15.1 Å². The van der Waals surface area contributed by atoms with Gasteiger partial charge in [0.15, 0.2) is 0 Å². The molecule has 0 radical (unpaired) electrons. The topological polar surface area (TPSA) is 59.0 Å². The molecule has 1 atom stereocenters. The first-order valence-corrected chi connectivity index (χ1v) is 15.0. The number of halogens is 3.